The third-order valence-electron chi connectivity index (χ3n) is 7.95. The van der Waals surface area contributed by atoms with E-state index in [0.29, 0.717) is 18.2 Å². The Morgan fingerprint density at radius 1 is 1.05 bits per heavy atom. The summed E-state index contributed by atoms with van der Waals surface area (Å²) >= 11 is 0. The van der Waals surface area contributed by atoms with E-state index in [9.17, 15) is 9.59 Å². The Labute approximate surface area is 219 Å². The van der Waals surface area contributed by atoms with Crippen LogP contribution in [0.4, 0.5) is 0 Å². The van der Waals surface area contributed by atoms with Crippen molar-refractivity contribution in [2.75, 3.05) is 52.5 Å². The average Bonchev–Trinajstić information content (AvgIpc) is 3.34. The number of piperidine rings is 1. The molecule has 3 aliphatic heterocycles. The number of nitrogens with zero attached hydrogens (tertiary/aromatic N) is 5. The van der Waals surface area contributed by atoms with Gasteiger partial charge in [-0.3, -0.25) is 19.4 Å². The predicted octanol–water partition coefficient (Wildman–Crippen LogP) is 1.72. The molecule has 1 N–H and O–H groups in total. The van der Waals surface area contributed by atoms with E-state index >= 15 is 0 Å². The Morgan fingerprint density at radius 3 is 2.43 bits per heavy atom. The lowest BCUT2D eigenvalue weighted by Gasteiger charge is -2.36. The summed E-state index contributed by atoms with van der Waals surface area (Å²) in [6.45, 7) is 9.78. The number of carbonyl (C=O) groups is 2. The number of carbonyl (C=O) groups excluding carboxylic acids is 2. The van der Waals surface area contributed by atoms with Crippen LogP contribution >= 0.6 is 0 Å². The molecule has 9 heteroatoms. The van der Waals surface area contributed by atoms with E-state index in [2.05, 4.69) is 49.4 Å². The molecule has 0 bridgehead atoms. The van der Waals surface area contributed by atoms with Gasteiger partial charge >= 0.3 is 0 Å². The second kappa shape index (κ2) is 12.1. The van der Waals surface area contributed by atoms with E-state index in [0.717, 1.165) is 84.0 Å². The topological polar surface area (TPSA) is 90.9 Å². The first kappa shape index (κ1) is 25.8. The van der Waals surface area contributed by atoms with Crippen molar-refractivity contribution in [3.05, 3.63) is 59.2 Å². The van der Waals surface area contributed by atoms with Crippen molar-refractivity contribution in [1.82, 2.24) is 30.0 Å². The van der Waals surface area contributed by atoms with Gasteiger partial charge in [0.1, 0.15) is 12.0 Å². The average molecular weight is 507 g/mol. The minimum atomic E-state index is -0.155. The summed E-state index contributed by atoms with van der Waals surface area (Å²) in [5, 5.41) is 3.16. The van der Waals surface area contributed by atoms with Crippen LogP contribution in [0.3, 0.4) is 0 Å². The number of morpholine rings is 1. The van der Waals surface area contributed by atoms with Crippen LogP contribution in [0.2, 0.25) is 0 Å². The van der Waals surface area contributed by atoms with Gasteiger partial charge in [-0.1, -0.05) is 24.3 Å². The van der Waals surface area contributed by atoms with Crippen molar-refractivity contribution >= 4 is 11.8 Å². The van der Waals surface area contributed by atoms with Gasteiger partial charge in [0.05, 0.1) is 13.2 Å². The van der Waals surface area contributed by atoms with Crippen LogP contribution in [-0.2, 0) is 29.0 Å². The van der Waals surface area contributed by atoms with Crippen molar-refractivity contribution in [3.8, 4) is 0 Å². The first-order chi connectivity index (χ1) is 18.0. The van der Waals surface area contributed by atoms with Crippen molar-refractivity contribution < 1.29 is 14.3 Å². The van der Waals surface area contributed by atoms with Crippen molar-refractivity contribution in [3.63, 3.8) is 0 Å². The first-order valence-electron chi connectivity index (χ1n) is 13.5. The summed E-state index contributed by atoms with van der Waals surface area (Å²) in [4.78, 5) is 40.2. The third-order valence-corrected chi connectivity index (χ3v) is 7.95. The zero-order valence-electron chi connectivity index (χ0n) is 21.8. The van der Waals surface area contributed by atoms with E-state index in [1.807, 2.05) is 11.0 Å². The molecule has 3 aliphatic rings. The Bertz CT molecular complexity index is 1060. The van der Waals surface area contributed by atoms with Gasteiger partial charge in [0.2, 0.25) is 5.91 Å². The van der Waals surface area contributed by atoms with Crippen LogP contribution in [-0.4, -0.2) is 95.0 Å². The quantitative estimate of drug-likeness (QED) is 0.583. The second-order valence-electron chi connectivity index (χ2n) is 10.5. The molecule has 2 fully saturated rings. The van der Waals surface area contributed by atoms with Gasteiger partial charge in [-0.25, -0.2) is 9.97 Å². The maximum absolute atomic E-state index is 13.1. The molecule has 5 rings (SSSR count). The largest absolute Gasteiger partial charge is 0.379 e. The zero-order valence-corrected chi connectivity index (χ0v) is 21.8. The molecule has 9 nitrogen and oxygen atoms in total. The minimum absolute atomic E-state index is 0.143. The lowest BCUT2D eigenvalue weighted by atomic mass is 9.92. The van der Waals surface area contributed by atoms with Crippen LogP contribution in [0.5, 0.6) is 0 Å². The molecule has 198 valence electrons. The number of ether oxygens (including phenoxy) is 1. The van der Waals surface area contributed by atoms with E-state index < -0.39 is 0 Å². The second-order valence-corrected chi connectivity index (χ2v) is 10.5. The first-order valence-corrected chi connectivity index (χ1v) is 13.5. The summed E-state index contributed by atoms with van der Waals surface area (Å²) in [6, 6.07) is 10.7. The standard InChI is InChI=1S/C28H38N6O3/c1-21(35)33-8-6-22(7-9-33)14-25-15-27(31-20-30-25)28(36)29-16-26(34-10-12-37-13-11-34)19-32-17-23-4-2-3-5-24(23)18-32/h2-5,15,20,22,26H,6-14,16-19H2,1H3,(H,29,36)/t26-/m0/s1. The fourth-order valence-electron chi connectivity index (χ4n) is 5.76. The maximum atomic E-state index is 13.1. The van der Waals surface area contributed by atoms with Crippen molar-refractivity contribution in [1.29, 1.82) is 0 Å². The summed E-state index contributed by atoms with van der Waals surface area (Å²) in [5.74, 6) is 0.457. The SMILES string of the molecule is CC(=O)N1CCC(Cc2cc(C(=O)NC[C@@H](CN3Cc4ccccc4C3)N3CCOCC3)ncn2)CC1. The molecule has 1 aromatic heterocycles. The Morgan fingerprint density at radius 2 is 1.76 bits per heavy atom. The Hall–Kier alpha value is -2.88. The van der Waals surface area contributed by atoms with E-state index in [4.69, 9.17) is 4.74 Å². The molecule has 37 heavy (non-hydrogen) atoms. The van der Waals surface area contributed by atoms with Gasteiger partial charge in [-0.2, -0.15) is 0 Å². The molecular formula is C28H38N6O3. The molecule has 0 radical (unpaired) electrons. The smallest absolute Gasteiger partial charge is 0.270 e. The van der Waals surface area contributed by atoms with Gasteiger partial charge in [-0.05, 0) is 42.4 Å². The van der Waals surface area contributed by atoms with Crippen LogP contribution < -0.4 is 5.32 Å². The van der Waals surface area contributed by atoms with Crippen LogP contribution in [0.1, 0.15) is 47.1 Å². The van der Waals surface area contributed by atoms with Gasteiger partial charge in [-0.15, -0.1) is 0 Å². The molecule has 4 heterocycles. The number of likely N-dealkylation sites (tertiary alicyclic amines) is 1. The number of fused-ring (bicyclic) bond motifs is 1. The number of hydrogen-bond donors (Lipinski definition) is 1. The highest BCUT2D eigenvalue weighted by molar-refractivity contribution is 5.92. The number of benzene rings is 1. The van der Waals surface area contributed by atoms with E-state index in [-0.39, 0.29) is 17.9 Å². The molecular weight excluding hydrogens is 468 g/mol. The summed E-state index contributed by atoms with van der Waals surface area (Å²) in [7, 11) is 0. The Kier molecular flexibility index (Phi) is 8.43. The summed E-state index contributed by atoms with van der Waals surface area (Å²) in [6.07, 6.45) is 4.23. The number of hydrogen-bond acceptors (Lipinski definition) is 7. The van der Waals surface area contributed by atoms with E-state index in [1.165, 1.54) is 17.5 Å². The number of amides is 2. The summed E-state index contributed by atoms with van der Waals surface area (Å²) < 4.78 is 5.58. The molecule has 2 aromatic rings. The monoisotopic (exact) mass is 506 g/mol. The normalized spacial score (nSPS) is 20.0. The van der Waals surface area contributed by atoms with Crippen molar-refractivity contribution in [2.45, 2.75) is 45.3 Å². The molecule has 0 saturated carbocycles. The van der Waals surface area contributed by atoms with Gasteiger partial charge in [0.25, 0.3) is 5.91 Å². The molecule has 1 aromatic carbocycles. The molecule has 0 spiro atoms. The highest BCUT2D eigenvalue weighted by Gasteiger charge is 2.27. The van der Waals surface area contributed by atoms with Gasteiger partial charge in [0, 0.05) is 71.0 Å². The van der Waals surface area contributed by atoms with Crippen LogP contribution in [0, 0.1) is 5.92 Å². The number of nitrogens with one attached hydrogen (secondary N) is 1. The zero-order chi connectivity index (χ0) is 25.6. The van der Waals surface area contributed by atoms with Gasteiger partial charge < -0.3 is 15.0 Å². The fourth-order valence-corrected chi connectivity index (χ4v) is 5.76. The van der Waals surface area contributed by atoms with Crippen LogP contribution in [0.25, 0.3) is 0 Å². The molecule has 0 unspecified atom stereocenters. The molecule has 2 amide bonds. The molecule has 0 aliphatic carbocycles. The number of rotatable bonds is 8. The summed E-state index contributed by atoms with van der Waals surface area (Å²) in [5.41, 5.74) is 4.10. The number of aromatic nitrogens is 2. The third kappa shape index (κ3) is 6.71. The van der Waals surface area contributed by atoms with E-state index in [1.54, 1.807) is 6.92 Å². The lowest BCUT2D eigenvalue weighted by Crippen LogP contribution is -2.53. The van der Waals surface area contributed by atoms with Gasteiger partial charge in [0.15, 0.2) is 0 Å². The fraction of sp³-hybridized carbons (Fsp3) is 0.571. The van der Waals surface area contributed by atoms with Crippen LogP contribution in [0.15, 0.2) is 36.7 Å². The molecule has 2 saturated heterocycles. The highest BCUT2D eigenvalue weighted by atomic mass is 16.5. The molecule has 1 atom stereocenters. The predicted molar refractivity (Wildman–Crippen MR) is 140 cm³/mol. The lowest BCUT2D eigenvalue weighted by molar-refractivity contribution is -0.130. The minimum Gasteiger partial charge on any atom is -0.379 e. The van der Waals surface area contributed by atoms with Crippen molar-refractivity contribution in [2.24, 2.45) is 5.92 Å². The highest BCUT2D eigenvalue weighted by Crippen LogP contribution is 2.23. The maximum Gasteiger partial charge on any atom is 0.270 e. The Balaban J connectivity index is 1.17.